The van der Waals surface area contributed by atoms with Crippen molar-refractivity contribution in [3.63, 3.8) is 0 Å². The second-order valence-electron chi connectivity index (χ2n) is 5.25. The molecule has 0 fully saturated rings. The molecule has 0 aliphatic carbocycles. The molecule has 1 N–H and O–H groups in total. The number of benzene rings is 1. The molecule has 0 spiro atoms. The summed E-state index contributed by atoms with van der Waals surface area (Å²) in [6.45, 7) is 7.05. The molecular weight excluding hydrogens is 290 g/mol. The van der Waals surface area contributed by atoms with Crippen LogP contribution in [-0.4, -0.2) is 31.6 Å². The smallest absolute Gasteiger partial charge is 0.493 e. The second kappa shape index (κ2) is 7.53. The maximum absolute atomic E-state index is 11.8. The minimum Gasteiger partial charge on any atom is -0.493 e. The van der Waals surface area contributed by atoms with Gasteiger partial charge in [-0.05, 0) is 39.8 Å². The van der Waals surface area contributed by atoms with Crippen LogP contribution < -0.4 is 14.8 Å². The van der Waals surface area contributed by atoms with Crippen LogP contribution >= 0.6 is 0 Å². The number of hydrogen-bond donors (Lipinski definition) is 1. The van der Waals surface area contributed by atoms with Crippen molar-refractivity contribution in [1.29, 1.82) is 0 Å². The average molecular weight is 311 g/mol. The topological polar surface area (TPSA) is 83.1 Å². The van der Waals surface area contributed by atoms with Gasteiger partial charge in [-0.25, -0.2) is 9.59 Å². The molecule has 122 valence electrons. The lowest BCUT2D eigenvalue weighted by molar-refractivity contribution is 0.0202. The first-order valence-corrected chi connectivity index (χ1v) is 6.78. The van der Waals surface area contributed by atoms with E-state index < -0.39 is 17.8 Å². The van der Waals surface area contributed by atoms with Gasteiger partial charge in [0, 0.05) is 0 Å². The van der Waals surface area contributed by atoms with Gasteiger partial charge in [0.25, 0.3) is 0 Å². The van der Waals surface area contributed by atoms with Gasteiger partial charge in [-0.3, -0.25) is 5.32 Å². The van der Waals surface area contributed by atoms with Gasteiger partial charge >= 0.3 is 12.2 Å². The highest BCUT2D eigenvalue weighted by Gasteiger charge is 2.22. The van der Waals surface area contributed by atoms with Gasteiger partial charge in [0.1, 0.15) is 5.60 Å². The number of nitrogens with one attached hydrogen (secondary N) is 1. The van der Waals surface area contributed by atoms with E-state index in [0.717, 1.165) is 0 Å². The van der Waals surface area contributed by atoms with Crippen molar-refractivity contribution in [2.75, 3.05) is 19.0 Å². The van der Waals surface area contributed by atoms with Crippen LogP contribution in [0.5, 0.6) is 11.5 Å². The molecule has 0 aliphatic rings. The van der Waals surface area contributed by atoms with Gasteiger partial charge < -0.3 is 18.9 Å². The molecule has 1 amide bonds. The zero-order valence-electron chi connectivity index (χ0n) is 13.4. The van der Waals surface area contributed by atoms with Crippen molar-refractivity contribution in [1.82, 2.24) is 0 Å². The number of carbonyl (C=O) groups excluding carboxylic acids is 2. The summed E-state index contributed by atoms with van der Waals surface area (Å²) in [7, 11) is 1.42. The Morgan fingerprint density at radius 1 is 1.23 bits per heavy atom. The zero-order chi connectivity index (χ0) is 16.8. The van der Waals surface area contributed by atoms with Gasteiger partial charge in [0.05, 0.1) is 19.4 Å². The third kappa shape index (κ3) is 5.51. The fraction of sp³-hybridized carbons (Fsp3) is 0.467. The minimum atomic E-state index is -0.899. The van der Waals surface area contributed by atoms with Crippen LogP contribution in [-0.2, 0) is 9.47 Å². The van der Waals surface area contributed by atoms with Crippen molar-refractivity contribution in [2.45, 2.75) is 33.3 Å². The summed E-state index contributed by atoms with van der Waals surface area (Å²) in [5, 5.41) is 2.48. The lowest BCUT2D eigenvalue weighted by Gasteiger charge is -2.20. The SMILES string of the molecule is CCOC(=O)Nc1cccc(OC)c1OC(=O)OC(C)(C)C. The summed E-state index contributed by atoms with van der Waals surface area (Å²) in [6.07, 6.45) is -1.56. The number of anilines is 1. The Bertz CT molecular complexity index is 535. The van der Waals surface area contributed by atoms with Crippen molar-refractivity contribution >= 4 is 17.9 Å². The third-order valence-electron chi connectivity index (χ3n) is 2.29. The largest absolute Gasteiger partial charge is 0.514 e. The molecule has 0 aromatic heterocycles. The van der Waals surface area contributed by atoms with Crippen LogP contribution in [0, 0.1) is 0 Å². The van der Waals surface area contributed by atoms with Gasteiger partial charge in [-0.15, -0.1) is 0 Å². The quantitative estimate of drug-likeness (QED) is 0.676. The predicted octanol–water partition coefficient (Wildman–Crippen LogP) is 3.58. The molecule has 0 saturated heterocycles. The first-order valence-electron chi connectivity index (χ1n) is 6.78. The van der Waals surface area contributed by atoms with Crippen LogP contribution in [0.2, 0.25) is 0 Å². The van der Waals surface area contributed by atoms with E-state index in [1.54, 1.807) is 45.9 Å². The number of methoxy groups -OCH3 is 1. The lowest BCUT2D eigenvalue weighted by Crippen LogP contribution is -2.26. The van der Waals surface area contributed by atoms with Crippen LogP contribution in [0.4, 0.5) is 15.3 Å². The summed E-state index contributed by atoms with van der Waals surface area (Å²) >= 11 is 0. The molecule has 0 unspecified atom stereocenters. The van der Waals surface area contributed by atoms with E-state index in [9.17, 15) is 9.59 Å². The standard InChI is InChI=1S/C15H21NO6/c1-6-20-13(17)16-10-8-7-9-11(19-5)12(10)21-14(18)22-15(2,3)4/h7-9H,6H2,1-5H3,(H,16,17). The Morgan fingerprint density at radius 2 is 1.91 bits per heavy atom. The Hall–Kier alpha value is -2.44. The Morgan fingerprint density at radius 3 is 2.45 bits per heavy atom. The molecule has 0 heterocycles. The molecule has 1 aromatic carbocycles. The normalized spacial score (nSPS) is 10.6. The summed E-state index contributed by atoms with van der Waals surface area (Å²) in [4.78, 5) is 23.3. The summed E-state index contributed by atoms with van der Waals surface area (Å²) in [5.74, 6) is 0.326. The highest BCUT2D eigenvalue weighted by atomic mass is 16.7. The van der Waals surface area contributed by atoms with Gasteiger partial charge in [-0.1, -0.05) is 6.07 Å². The van der Waals surface area contributed by atoms with Gasteiger partial charge in [-0.2, -0.15) is 0 Å². The minimum absolute atomic E-state index is 0.0484. The van der Waals surface area contributed by atoms with E-state index >= 15 is 0 Å². The number of rotatable bonds is 4. The number of amides is 1. The summed E-state index contributed by atoms with van der Waals surface area (Å²) < 4.78 is 20.2. The van der Waals surface area contributed by atoms with Crippen molar-refractivity contribution < 1.29 is 28.5 Å². The lowest BCUT2D eigenvalue weighted by atomic mass is 10.2. The van der Waals surface area contributed by atoms with E-state index in [-0.39, 0.29) is 23.8 Å². The van der Waals surface area contributed by atoms with E-state index in [1.165, 1.54) is 7.11 Å². The number of hydrogen-bond acceptors (Lipinski definition) is 6. The van der Waals surface area contributed by atoms with Gasteiger partial charge in [0.2, 0.25) is 0 Å². The molecule has 0 bridgehead atoms. The fourth-order valence-corrected chi connectivity index (χ4v) is 1.51. The second-order valence-corrected chi connectivity index (χ2v) is 5.25. The zero-order valence-corrected chi connectivity index (χ0v) is 13.4. The monoisotopic (exact) mass is 311 g/mol. The highest BCUT2D eigenvalue weighted by Crippen LogP contribution is 2.35. The molecule has 0 atom stereocenters. The first-order chi connectivity index (χ1) is 10.3. The Kier molecular flexibility index (Phi) is 6.03. The number of ether oxygens (including phenoxy) is 4. The first kappa shape index (κ1) is 17.6. The molecule has 22 heavy (non-hydrogen) atoms. The maximum atomic E-state index is 11.8. The van der Waals surface area contributed by atoms with E-state index in [2.05, 4.69) is 5.32 Å². The van der Waals surface area contributed by atoms with Crippen molar-refractivity contribution in [2.24, 2.45) is 0 Å². The van der Waals surface area contributed by atoms with Gasteiger partial charge in [0.15, 0.2) is 11.5 Å². The number of carbonyl (C=O) groups is 2. The van der Waals surface area contributed by atoms with E-state index in [1.807, 2.05) is 0 Å². The Balaban J connectivity index is 2.99. The summed E-state index contributed by atoms with van der Waals surface area (Å²) in [6, 6.07) is 4.79. The predicted molar refractivity (Wildman–Crippen MR) is 80.5 cm³/mol. The fourth-order valence-electron chi connectivity index (χ4n) is 1.51. The number of para-hydroxylation sites is 1. The van der Waals surface area contributed by atoms with Crippen molar-refractivity contribution in [3.05, 3.63) is 18.2 Å². The molecule has 0 saturated carbocycles. The van der Waals surface area contributed by atoms with E-state index in [4.69, 9.17) is 18.9 Å². The maximum Gasteiger partial charge on any atom is 0.514 e. The highest BCUT2D eigenvalue weighted by molar-refractivity contribution is 5.88. The molecule has 7 heteroatoms. The molecule has 0 aliphatic heterocycles. The molecule has 0 radical (unpaired) electrons. The van der Waals surface area contributed by atoms with Crippen LogP contribution in [0.1, 0.15) is 27.7 Å². The average Bonchev–Trinajstić information content (AvgIpc) is 2.38. The van der Waals surface area contributed by atoms with Crippen LogP contribution in [0.3, 0.4) is 0 Å². The van der Waals surface area contributed by atoms with Crippen molar-refractivity contribution in [3.8, 4) is 11.5 Å². The molecule has 1 rings (SSSR count). The van der Waals surface area contributed by atoms with Crippen LogP contribution in [0.25, 0.3) is 0 Å². The molecule has 1 aromatic rings. The summed E-state index contributed by atoms with van der Waals surface area (Å²) in [5.41, 5.74) is -0.461. The molecule has 7 nitrogen and oxygen atoms in total. The third-order valence-corrected chi connectivity index (χ3v) is 2.29. The molecular formula is C15H21NO6. The van der Waals surface area contributed by atoms with Crippen LogP contribution in [0.15, 0.2) is 18.2 Å². The Labute approximate surface area is 129 Å². The van der Waals surface area contributed by atoms with E-state index in [0.29, 0.717) is 0 Å².